The Bertz CT molecular complexity index is 956. The van der Waals surface area contributed by atoms with Crippen LogP contribution in [0.15, 0.2) is 97.6 Å². The summed E-state index contributed by atoms with van der Waals surface area (Å²) in [7, 11) is 0. The predicted octanol–water partition coefficient (Wildman–Crippen LogP) is 2.86. The molecule has 0 unspecified atom stereocenters. The maximum atomic E-state index is 4.78. The average molecular weight is 923 g/mol. The van der Waals surface area contributed by atoms with Crippen molar-refractivity contribution in [3.63, 3.8) is 0 Å². The van der Waals surface area contributed by atoms with Crippen molar-refractivity contribution in [1.29, 1.82) is 0 Å². The monoisotopic (exact) mass is 920 g/mol. The number of nitrogens with one attached hydrogen (secondary N) is 4. The molecule has 16 heteroatoms. The van der Waals surface area contributed by atoms with Crippen LogP contribution in [0.5, 0.6) is 0 Å². The zero-order valence-electron chi connectivity index (χ0n) is 26.4. The van der Waals surface area contributed by atoms with Crippen molar-refractivity contribution < 1.29 is 68.3 Å². The summed E-state index contributed by atoms with van der Waals surface area (Å²) in [5, 5.41) is 12.7. The zero-order chi connectivity index (χ0) is 31.8. The van der Waals surface area contributed by atoms with Gasteiger partial charge in [0.25, 0.3) is 0 Å². The molecule has 0 bridgehead atoms. The van der Waals surface area contributed by atoms with E-state index in [-0.39, 0.29) is 68.3 Å². The first-order valence-corrected chi connectivity index (χ1v) is 16.8. The molecule has 276 valence electrons. The van der Waals surface area contributed by atoms with Crippen molar-refractivity contribution in [3.05, 3.63) is 120 Å². The summed E-state index contributed by atoms with van der Waals surface area (Å²) in [5.74, 6) is 3.03. The first-order valence-electron chi connectivity index (χ1n) is 14.5. The summed E-state index contributed by atoms with van der Waals surface area (Å²) < 4.78 is 0. The largest absolute Gasteiger partial charge is 2.00 e. The van der Waals surface area contributed by atoms with Crippen LogP contribution in [-0.2, 0) is 145 Å². The molecule has 0 amide bonds. The molecule has 0 spiro atoms. The fraction of sp³-hybridized carbons (Fsp3) is 0.375. The molecule has 0 aliphatic carbocycles. The summed E-state index contributed by atoms with van der Waals surface area (Å²) in [5.41, 5.74) is 4.26. The minimum Gasteiger partial charge on any atom is -0.791 e. The van der Waals surface area contributed by atoms with Gasteiger partial charge < -0.3 is 71.8 Å². The Labute approximate surface area is 352 Å². The summed E-state index contributed by atoms with van der Waals surface area (Å²) in [6.45, 7) is 6.79. The van der Waals surface area contributed by atoms with Gasteiger partial charge in [0.05, 0.1) is 22.8 Å². The molecule has 0 aliphatic rings. The number of pyridine rings is 4. The van der Waals surface area contributed by atoms with E-state index in [0.29, 0.717) is 0 Å². The molecule has 8 nitrogen and oxygen atoms in total. The smallest absolute Gasteiger partial charge is 0.791 e. The van der Waals surface area contributed by atoms with Crippen molar-refractivity contribution in [1.82, 2.24) is 41.2 Å². The van der Waals surface area contributed by atoms with E-state index in [2.05, 4.69) is 41.2 Å². The Morgan fingerprint density at radius 1 is 0.354 bits per heavy atom. The minimum atomic E-state index is 0. The van der Waals surface area contributed by atoms with Gasteiger partial charge in [-0.2, -0.15) is 23.0 Å². The molecule has 0 fully saturated rings. The second kappa shape index (κ2) is 43.1. The molecule has 48 heavy (non-hydrogen) atoms. The summed E-state index contributed by atoms with van der Waals surface area (Å²) in [6, 6.07) is 23.6. The molecule has 0 atom stereocenters. The number of rotatable bonds is 16. The quantitative estimate of drug-likeness (QED) is 0.0757. The van der Waals surface area contributed by atoms with E-state index in [1.807, 2.05) is 72.8 Å². The van der Waals surface area contributed by atoms with Crippen LogP contribution in [0.25, 0.3) is 0 Å². The Morgan fingerprint density at radius 3 is 0.708 bits per heavy atom. The van der Waals surface area contributed by atoms with Crippen LogP contribution in [0.1, 0.15) is 22.8 Å². The third-order valence-electron chi connectivity index (χ3n) is 5.24. The number of aromatic nitrogens is 4. The first-order chi connectivity index (χ1) is 21.7. The van der Waals surface area contributed by atoms with E-state index in [9.17, 15) is 0 Å². The predicted molar refractivity (Wildman–Crippen MR) is 193 cm³/mol. The molecule has 4 radical (unpaired) electrons. The normalized spacial score (nSPS) is 9.08. The number of hydrogen-bond donors (Lipinski definition) is 4. The summed E-state index contributed by atoms with van der Waals surface area (Å²) in [6.07, 6.45) is 7.19. The maximum Gasteiger partial charge on any atom is 2.00 e. The van der Waals surface area contributed by atoms with Crippen molar-refractivity contribution in [2.45, 2.75) is 26.2 Å². The minimum absolute atomic E-state index is 0. The van der Waals surface area contributed by atoms with Crippen LogP contribution < -0.4 is 21.3 Å². The SMILES string of the molecule is [Cu+2].[Cu+2].[Cu+2].[Cu+2].[S-]CCNCc1ccccn1.[S-]CCNCc1ccccn1.[S-]CCNCc1ccccn1.[S-]CCNCc1ccccn1. The summed E-state index contributed by atoms with van der Waals surface area (Å²) in [4.78, 5) is 16.6. The summed E-state index contributed by atoms with van der Waals surface area (Å²) >= 11 is 19.1. The van der Waals surface area contributed by atoms with Gasteiger partial charge in [0.15, 0.2) is 0 Å². The van der Waals surface area contributed by atoms with Gasteiger partial charge in [-0.05, 0) is 74.7 Å². The molecule has 4 heterocycles. The first kappa shape index (κ1) is 54.7. The van der Waals surface area contributed by atoms with E-state index in [4.69, 9.17) is 50.5 Å². The second-order valence-corrected chi connectivity index (χ2v) is 10.4. The molecular weight excluding hydrogens is 879 g/mol. The zero-order valence-corrected chi connectivity index (χ0v) is 33.4. The Kier molecular flexibility index (Phi) is 49.1. The number of nitrogens with zero attached hydrogens (tertiary/aromatic N) is 4. The van der Waals surface area contributed by atoms with Crippen LogP contribution in [0.4, 0.5) is 0 Å². The molecule has 0 saturated heterocycles. The van der Waals surface area contributed by atoms with Crippen molar-refractivity contribution in [2.24, 2.45) is 0 Å². The maximum absolute atomic E-state index is 4.78. The van der Waals surface area contributed by atoms with Gasteiger partial charge in [-0.25, -0.2) is 0 Å². The van der Waals surface area contributed by atoms with Gasteiger partial charge in [-0.15, -0.1) is 0 Å². The van der Waals surface area contributed by atoms with Gasteiger partial charge in [0.2, 0.25) is 0 Å². The van der Waals surface area contributed by atoms with Crippen molar-refractivity contribution in [3.8, 4) is 0 Å². The van der Waals surface area contributed by atoms with Crippen LogP contribution in [0, 0.1) is 0 Å². The molecular formula is C32H44Cu4N8S4+4. The topological polar surface area (TPSA) is 99.7 Å². The Morgan fingerprint density at radius 2 is 0.562 bits per heavy atom. The third kappa shape index (κ3) is 34.4. The molecule has 4 rings (SSSR count). The molecule has 4 N–H and O–H groups in total. The van der Waals surface area contributed by atoms with Gasteiger partial charge in [0, 0.05) is 51.0 Å². The fourth-order valence-corrected chi connectivity index (χ4v) is 3.74. The van der Waals surface area contributed by atoms with E-state index < -0.39 is 0 Å². The van der Waals surface area contributed by atoms with Crippen LogP contribution in [0.2, 0.25) is 0 Å². The van der Waals surface area contributed by atoms with Crippen molar-refractivity contribution >= 4 is 50.5 Å². The van der Waals surface area contributed by atoms with E-state index in [0.717, 1.165) is 98.1 Å². The molecule has 4 aromatic heterocycles. The third-order valence-corrected chi connectivity index (χ3v) is 6.06. The molecule has 0 aliphatic heterocycles. The average Bonchev–Trinajstić information content (AvgIpc) is 3.08. The van der Waals surface area contributed by atoms with Crippen LogP contribution in [-0.4, -0.2) is 69.1 Å². The molecule has 0 aromatic carbocycles. The van der Waals surface area contributed by atoms with Crippen LogP contribution >= 0.6 is 0 Å². The Hall–Kier alpha value is -0.0821. The van der Waals surface area contributed by atoms with Crippen LogP contribution in [0.3, 0.4) is 0 Å². The van der Waals surface area contributed by atoms with Gasteiger partial charge in [-0.3, -0.25) is 19.9 Å². The van der Waals surface area contributed by atoms with Gasteiger partial charge >= 0.3 is 68.3 Å². The van der Waals surface area contributed by atoms with Crippen molar-refractivity contribution in [2.75, 3.05) is 49.2 Å². The van der Waals surface area contributed by atoms with E-state index in [1.54, 1.807) is 24.8 Å². The number of hydrogen-bond acceptors (Lipinski definition) is 12. The van der Waals surface area contributed by atoms with Gasteiger partial charge in [-0.1, -0.05) is 24.3 Å². The van der Waals surface area contributed by atoms with Gasteiger partial charge in [0.1, 0.15) is 0 Å². The standard InChI is InChI=1S/4C8H12N2S.4Cu/c4*11-6-5-9-7-8-3-1-2-4-10-8;;;;/h4*1-4,9,11H,5-7H2;;;;/q;;;;4*+2/p-4. The molecule has 0 saturated carbocycles. The fourth-order valence-electron chi connectivity index (χ4n) is 3.17. The Balaban J connectivity index is -0.000000262. The second-order valence-electron chi connectivity index (χ2n) is 8.81. The molecule has 4 aromatic rings. The van der Waals surface area contributed by atoms with E-state index >= 15 is 0 Å². The van der Waals surface area contributed by atoms with E-state index in [1.165, 1.54) is 0 Å².